The fourth-order valence-corrected chi connectivity index (χ4v) is 52.1. The van der Waals surface area contributed by atoms with E-state index in [4.69, 9.17) is 4.65 Å². The van der Waals surface area contributed by atoms with Gasteiger partial charge < -0.3 is 10.7 Å². The van der Waals surface area contributed by atoms with Crippen LogP contribution in [0.4, 0.5) is 0 Å². The molecule has 0 saturated carbocycles. The third-order valence-electron chi connectivity index (χ3n) is 4.02. The van der Waals surface area contributed by atoms with E-state index in [1.165, 1.54) is 0 Å². The molecule has 0 spiro atoms. The van der Waals surface area contributed by atoms with E-state index in [1.807, 2.05) is 0 Å². The average molecular weight is 1260 g/mol. The zero-order valence-electron chi connectivity index (χ0n) is 34.4. The molecular formula is C26H82I2K2N4Si8Te2. The molecule has 0 heterocycles. The van der Waals surface area contributed by atoms with Crippen LogP contribution in [0.2, 0.25) is 157 Å². The van der Waals surface area contributed by atoms with E-state index >= 15 is 0 Å². The number of nitrogens with one attached hydrogen (secondary N) is 1. The van der Waals surface area contributed by atoms with Crippen molar-refractivity contribution in [1.82, 2.24) is 9.61 Å². The average Bonchev–Trinajstić information content (AvgIpc) is 2.43. The Morgan fingerprint density at radius 1 is 0.523 bits per heavy atom. The van der Waals surface area contributed by atoms with Gasteiger partial charge in [0, 0.05) is 0 Å². The minimum absolute atomic E-state index is 0. The Kier molecular flexibility index (Phi) is 46.3. The van der Waals surface area contributed by atoms with Crippen LogP contribution in [0.15, 0.2) is 0 Å². The summed E-state index contributed by atoms with van der Waals surface area (Å²) in [6.45, 7) is 58.4. The molecule has 0 aromatic heterocycles. The van der Waals surface area contributed by atoms with Gasteiger partial charge in [0.2, 0.25) is 0 Å². The SMILES string of the molecule is C.C.C[Si](C)(C)N([Te]N([Si](C)(C)C)[Si](C)(C)C)[Si](C)(C)C.C[Si](C)(C)N[Si](C)(C)C.C[Si](C)(C)[N-][Si](C)(C)C.[H-].[K+].[K+].[Te]=II. The van der Waals surface area contributed by atoms with Gasteiger partial charge in [-0.2, -0.15) is 0 Å². The Bertz CT molecular complexity index is 610. The van der Waals surface area contributed by atoms with Crippen LogP contribution in [-0.2, 0) is 0 Å². The summed E-state index contributed by atoms with van der Waals surface area (Å²) in [7, 11) is -8.92. The minimum atomic E-state index is -1.19. The van der Waals surface area contributed by atoms with Crippen molar-refractivity contribution >= 4 is 136 Å². The van der Waals surface area contributed by atoms with E-state index in [1.54, 1.807) is 0 Å². The molecule has 0 aromatic carbocycles. The summed E-state index contributed by atoms with van der Waals surface area (Å²) >= 11 is 4.97. The molecule has 0 aliphatic rings. The topological polar surface area (TPSA) is 32.6 Å². The van der Waals surface area contributed by atoms with E-state index in [0.717, 1.165) is 0 Å². The molecule has 18 heteroatoms. The second-order valence-corrected chi connectivity index (χ2v) is 82.2. The number of hydrogen-bond acceptors (Lipinski definition) is 3. The van der Waals surface area contributed by atoms with Gasteiger partial charge in [0.05, 0.1) is 0 Å². The molecule has 266 valence electrons. The summed E-state index contributed by atoms with van der Waals surface area (Å²) in [5.41, 5.74) is 0. The first-order valence-corrected chi connectivity index (χ1v) is 57.3. The van der Waals surface area contributed by atoms with Gasteiger partial charge >= 0.3 is 290 Å². The Morgan fingerprint density at radius 3 is 0.727 bits per heavy atom. The molecule has 0 saturated heterocycles. The van der Waals surface area contributed by atoms with Crippen LogP contribution in [0.5, 0.6) is 0 Å². The second-order valence-electron chi connectivity index (χ2n) is 18.5. The second kappa shape index (κ2) is 29.2. The Balaban J connectivity index is -0.0000000609. The normalized spacial score (nSPS) is 12.8. The summed E-state index contributed by atoms with van der Waals surface area (Å²) in [4.78, 5) is 0. The number of nitrogens with zero attached hydrogens (tertiary/aromatic N) is 3. The van der Waals surface area contributed by atoms with Gasteiger partial charge in [0.25, 0.3) is 0 Å². The van der Waals surface area contributed by atoms with Gasteiger partial charge in [0.1, 0.15) is 16.5 Å². The molecule has 1 N–H and O–H groups in total. The Morgan fingerprint density at radius 2 is 0.682 bits per heavy atom. The van der Waals surface area contributed by atoms with Crippen molar-refractivity contribution in [3.8, 4) is 0 Å². The molecule has 0 aliphatic heterocycles. The van der Waals surface area contributed by atoms with Gasteiger partial charge in [0.15, 0.2) is 0 Å². The number of rotatable bonds is 10. The molecule has 0 radical (unpaired) electrons. The van der Waals surface area contributed by atoms with Gasteiger partial charge in [-0.15, -0.1) is 0 Å². The summed E-state index contributed by atoms with van der Waals surface area (Å²) in [6.07, 6.45) is 0. The first kappa shape index (κ1) is 69.8. The van der Waals surface area contributed by atoms with Crippen molar-refractivity contribution in [2.45, 2.75) is 172 Å². The number of halogens is 2. The molecule has 0 rings (SSSR count). The van der Waals surface area contributed by atoms with Gasteiger partial charge in [-0.05, 0) is 0 Å². The quantitative estimate of drug-likeness (QED) is 0.200. The monoisotopic (exact) mass is 1270 g/mol. The fraction of sp³-hybridized carbons (Fsp3) is 1.00. The van der Waals surface area contributed by atoms with Gasteiger partial charge in [-0.3, -0.25) is 0 Å². The van der Waals surface area contributed by atoms with E-state index in [-0.39, 0.29) is 141 Å². The van der Waals surface area contributed by atoms with Crippen LogP contribution in [0.1, 0.15) is 16.3 Å². The predicted molar refractivity (Wildman–Crippen MR) is 251 cm³/mol. The van der Waals surface area contributed by atoms with Crippen molar-refractivity contribution in [2.24, 2.45) is 0 Å². The van der Waals surface area contributed by atoms with E-state index < -0.39 is 65.9 Å². The van der Waals surface area contributed by atoms with Crippen LogP contribution in [-0.4, -0.2) is 110 Å². The maximum atomic E-state index is 4.82. The van der Waals surface area contributed by atoms with Crippen LogP contribution >= 0.6 is 31.3 Å². The first-order valence-electron chi connectivity index (χ1n) is 14.5. The van der Waals surface area contributed by atoms with Crippen LogP contribution < -0.4 is 107 Å². The summed E-state index contributed by atoms with van der Waals surface area (Å²) in [5, 5.41) is 0. The molecule has 0 aromatic rings. The predicted octanol–water partition coefficient (Wildman–Crippen LogP) is 6.52. The van der Waals surface area contributed by atoms with E-state index in [0.29, 0.717) is 12.7 Å². The Labute approximate surface area is 417 Å². The van der Waals surface area contributed by atoms with Gasteiger partial charge in [-0.25, -0.2) is 0 Å². The van der Waals surface area contributed by atoms with Crippen molar-refractivity contribution in [2.75, 3.05) is 0 Å². The zero-order chi connectivity index (χ0) is 34.0. The maximum absolute atomic E-state index is 4.82. The molecule has 0 unspecified atom stereocenters. The standard InChI is InChI=1S/C12H36N2Si4Te.C6H19NSi2.C6H18NSi2.2CH4.I2Te.2K.H/c1-15(2,3)13(16(4,5)6)19-14(17(7,8)9)18(10,11)12;2*1-8(2,3)7-9(4,5)6;;;1-2-3;;;/h1-12H3;7H,1-6H3;1-6H3;2*1H4;;;;/q;;-1;;;;2*+1;-1. The van der Waals surface area contributed by atoms with Crippen LogP contribution in [0.3, 0.4) is 0 Å². The summed E-state index contributed by atoms with van der Waals surface area (Å²) < 4.78 is 14.7. The summed E-state index contributed by atoms with van der Waals surface area (Å²) in [6, 6.07) is 0. The molecule has 0 atom stereocenters. The third kappa shape index (κ3) is 52.0. The third-order valence-corrected chi connectivity index (χ3v) is 50.2. The summed E-state index contributed by atoms with van der Waals surface area (Å²) in [5.74, 6) is 0. The van der Waals surface area contributed by atoms with Crippen molar-refractivity contribution in [3.05, 3.63) is 4.65 Å². The molecule has 0 amide bonds. The van der Waals surface area contributed by atoms with Crippen molar-refractivity contribution in [3.63, 3.8) is 0 Å². The fourth-order valence-electron chi connectivity index (χ4n) is 4.72. The molecular weight excluding hydrogens is 1180 g/mol. The Hall–Kier alpha value is 7.89. The van der Waals surface area contributed by atoms with Gasteiger partial charge in [-0.1, -0.05) is 110 Å². The van der Waals surface area contributed by atoms with Crippen molar-refractivity contribution < 1.29 is 104 Å². The molecule has 4 nitrogen and oxygen atoms in total. The van der Waals surface area contributed by atoms with Crippen LogP contribution in [0, 0.1) is 0 Å². The molecule has 0 aliphatic carbocycles. The molecule has 0 bridgehead atoms. The first-order chi connectivity index (χ1) is 16.8. The molecule has 44 heavy (non-hydrogen) atoms. The van der Waals surface area contributed by atoms with E-state index in [2.05, 4.69) is 203 Å². The number of hydrogen-bond donors (Lipinski definition) is 1. The van der Waals surface area contributed by atoms with Crippen LogP contribution in [0.25, 0.3) is 4.65 Å². The zero-order valence-corrected chi connectivity index (χ0v) is 56.6. The van der Waals surface area contributed by atoms with Crippen molar-refractivity contribution in [1.29, 1.82) is 0 Å². The van der Waals surface area contributed by atoms with E-state index in [9.17, 15) is 0 Å². The molecule has 0 fully saturated rings.